The Morgan fingerprint density at radius 2 is 2.35 bits per heavy atom. The van der Waals surface area contributed by atoms with Crippen LogP contribution in [0.2, 0.25) is 5.02 Å². The van der Waals surface area contributed by atoms with Crippen LogP contribution in [-0.2, 0) is 4.74 Å². The van der Waals surface area contributed by atoms with Crippen LogP contribution < -0.4 is 5.32 Å². The molecule has 1 aromatic rings. The van der Waals surface area contributed by atoms with Crippen LogP contribution >= 0.6 is 11.6 Å². The van der Waals surface area contributed by atoms with Crippen molar-refractivity contribution in [3.05, 3.63) is 34.9 Å². The van der Waals surface area contributed by atoms with Gasteiger partial charge in [0.2, 0.25) is 0 Å². The van der Waals surface area contributed by atoms with Crippen molar-refractivity contribution in [2.24, 2.45) is 0 Å². The normalized spacial score (nSPS) is 24.6. The molecule has 1 aromatic carbocycles. The number of nitrogens with one attached hydrogen (secondary N) is 1. The van der Waals surface area contributed by atoms with Gasteiger partial charge in [-0.2, -0.15) is 0 Å². The number of carbonyl (C=O) groups excluding carboxylic acids is 1. The molecule has 4 heteroatoms. The number of ketones is 1. The largest absolute Gasteiger partial charge is 0.378 e. The zero-order valence-electron chi connectivity index (χ0n) is 9.78. The van der Waals surface area contributed by atoms with Gasteiger partial charge in [0.1, 0.15) is 0 Å². The van der Waals surface area contributed by atoms with Crippen LogP contribution in [0.25, 0.3) is 0 Å². The Labute approximate surface area is 106 Å². The molecular weight excluding hydrogens is 238 g/mol. The molecule has 1 N–H and O–H groups in total. The van der Waals surface area contributed by atoms with E-state index in [1.54, 1.807) is 24.3 Å². The fourth-order valence-corrected chi connectivity index (χ4v) is 2.20. The molecule has 1 saturated heterocycles. The SMILES string of the molecule is CC1COCC(CC(=O)c2cccc(Cl)c2)N1. The number of benzene rings is 1. The molecule has 3 nitrogen and oxygen atoms in total. The summed E-state index contributed by atoms with van der Waals surface area (Å²) in [5.41, 5.74) is 0.664. The first kappa shape index (κ1) is 12.6. The maximum atomic E-state index is 12.0. The summed E-state index contributed by atoms with van der Waals surface area (Å²) in [6.07, 6.45) is 0.449. The Morgan fingerprint density at radius 3 is 3.06 bits per heavy atom. The number of rotatable bonds is 3. The van der Waals surface area contributed by atoms with E-state index in [1.165, 1.54) is 0 Å². The molecule has 0 bridgehead atoms. The molecule has 0 saturated carbocycles. The van der Waals surface area contributed by atoms with Crippen LogP contribution in [0.3, 0.4) is 0 Å². The maximum Gasteiger partial charge on any atom is 0.164 e. The van der Waals surface area contributed by atoms with Crippen molar-refractivity contribution in [3.63, 3.8) is 0 Å². The topological polar surface area (TPSA) is 38.3 Å². The highest BCUT2D eigenvalue weighted by Crippen LogP contribution is 2.14. The average Bonchev–Trinajstić information content (AvgIpc) is 2.29. The van der Waals surface area contributed by atoms with Gasteiger partial charge in [-0.15, -0.1) is 0 Å². The second-order valence-corrected chi connectivity index (χ2v) is 4.88. The van der Waals surface area contributed by atoms with E-state index in [4.69, 9.17) is 16.3 Å². The van der Waals surface area contributed by atoms with Gasteiger partial charge in [-0.3, -0.25) is 4.79 Å². The van der Waals surface area contributed by atoms with Gasteiger partial charge in [-0.25, -0.2) is 0 Å². The van der Waals surface area contributed by atoms with Crippen LogP contribution in [0.5, 0.6) is 0 Å². The number of ether oxygens (including phenoxy) is 1. The van der Waals surface area contributed by atoms with E-state index in [2.05, 4.69) is 12.2 Å². The molecule has 0 aliphatic carbocycles. The second-order valence-electron chi connectivity index (χ2n) is 4.44. The highest BCUT2D eigenvalue weighted by atomic mass is 35.5. The molecule has 1 fully saturated rings. The Morgan fingerprint density at radius 1 is 1.53 bits per heavy atom. The van der Waals surface area contributed by atoms with Gasteiger partial charge < -0.3 is 10.1 Å². The van der Waals surface area contributed by atoms with Gasteiger partial charge in [-0.05, 0) is 19.1 Å². The van der Waals surface area contributed by atoms with E-state index >= 15 is 0 Å². The van der Waals surface area contributed by atoms with Crippen molar-refractivity contribution in [1.82, 2.24) is 5.32 Å². The molecule has 2 atom stereocenters. The third-order valence-corrected chi connectivity index (χ3v) is 3.02. The third-order valence-electron chi connectivity index (χ3n) is 2.79. The highest BCUT2D eigenvalue weighted by Gasteiger charge is 2.21. The van der Waals surface area contributed by atoms with E-state index in [0.717, 1.165) is 0 Å². The van der Waals surface area contributed by atoms with Crippen LogP contribution in [0.1, 0.15) is 23.7 Å². The Kier molecular flexibility index (Phi) is 4.15. The lowest BCUT2D eigenvalue weighted by Gasteiger charge is -2.28. The average molecular weight is 254 g/mol. The summed E-state index contributed by atoms with van der Waals surface area (Å²) in [5.74, 6) is 0.0997. The van der Waals surface area contributed by atoms with Gasteiger partial charge in [-0.1, -0.05) is 23.7 Å². The fraction of sp³-hybridized carbons (Fsp3) is 0.462. The number of hydrogen-bond acceptors (Lipinski definition) is 3. The lowest BCUT2D eigenvalue weighted by atomic mass is 10.0. The fourth-order valence-electron chi connectivity index (χ4n) is 2.01. The van der Waals surface area contributed by atoms with Gasteiger partial charge >= 0.3 is 0 Å². The van der Waals surface area contributed by atoms with E-state index in [1.807, 2.05) is 0 Å². The van der Waals surface area contributed by atoms with Crippen LogP contribution in [-0.4, -0.2) is 31.1 Å². The number of halogens is 1. The molecule has 0 aromatic heterocycles. The first-order chi connectivity index (χ1) is 8.15. The predicted octanol–water partition coefficient (Wildman–Crippen LogP) is 2.29. The quantitative estimate of drug-likeness (QED) is 0.840. The van der Waals surface area contributed by atoms with Gasteiger partial charge in [0, 0.05) is 29.1 Å². The standard InChI is InChI=1S/C13H16ClNO2/c1-9-7-17-8-12(15-9)6-13(16)10-3-2-4-11(14)5-10/h2-5,9,12,15H,6-8H2,1H3. The minimum atomic E-state index is 0.0997. The summed E-state index contributed by atoms with van der Waals surface area (Å²) in [6.45, 7) is 3.36. The molecule has 2 rings (SSSR count). The minimum absolute atomic E-state index is 0.0997. The van der Waals surface area contributed by atoms with E-state index in [-0.39, 0.29) is 11.8 Å². The van der Waals surface area contributed by atoms with Crippen LogP contribution in [0.15, 0.2) is 24.3 Å². The van der Waals surface area contributed by atoms with E-state index < -0.39 is 0 Å². The lowest BCUT2D eigenvalue weighted by Crippen LogP contribution is -2.48. The second kappa shape index (κ2) is 5.63. The summed E-state index contributed by atoms with van der Waals surface area (Å²) in [5, 5.41) is 3.95. The molecule has 0 spiro atoms. The third kappa shape index (κ3) is 3.53. The molecule has 92 valence electrons. The van der Waals surface area contributed by atoms with Crippen LogP contribution in [0.4, 0.5) is 0 Å². The van der Waals surface area contributed by atoms with E-state index in [9.17, 15) is 4.79 Å². The zero-order valence-corrected chi connectivity index (χ0v) is 10.5. The summed E-state index contributed by atoms with van der Waals surface area (Å²) in [6, 6.07) is 7.47. The Balaban J connectivity index is 1.97. The van der Waals surface area contributed by atoms with Crippen molar-refractivity contribution in [2.45, 2.75) is 25.4 Å². The number of hydrogen-bond donors (Lipinski definition) is 1. The molecule has 1 aliphatic heterocycles. The van der Waals surface area contributed by atoms with Crippen molar-refractivity contribution < 1.29 is 9.53 Å². The Hall–Kier alpha value is -0.900. The molecule has 17 heavy (non-hydrogen) atoms. The number of Topliss-reactive ketones (excluding diaryl/α,β-unsaturated/α-hetero) is 1. The van der Waals surface area contributed by atoms with Crippen molar-refractivity contribution in [3.8, 4) is 0 Å². The smallest absolute Gasteiger partial charge is 0.164 e. The lowest BCUT2D eigenvalue weighted by molar-refractivity contribution is 0.0463. The molecule has 0 radical (unpaired) electrons. The first-order valence-electron chi connectivity index (χ1n) is 5.77. The summed E-state index contributed by atoms with van der Waals surface area (Å²) < 4.78 is 5.41. The maximum absolute atomic E-state index is 12.0. The molecule has 1 heterocycles. The molecule has 1 aliphatic rings. The van der Waals surface area contributed by atoms with Gasteiger partial charge in [0.25, 0.3) is 0 Å². The highest BCUT2D eigenvalue weighted by molar-refractivity contribution is 6.31. The molecule has 2 unspecified atom stereocenters. The monoisotopic (exact) mass is 253 g/mol. The van der Waals surface area contributed by atoms with E-state index in [0.29, 0.717) is 36.3 Å². The number of morpholine rings is 1. The minimum Gasteiger partial charge on any atom is -0.378 e. The summed E-state index contributed by atoms with van der Waals surface area (Å²) >= 11 is 5.86. The first-order valence-corrected chi connectivity index (χ1v) is 6.15. The van der Waals surface area contributed by atoms with Gasteiger partial charge in [0.15, 0.2) is 5.78 Å². The van der Waals surface area contributed by atoms with Crippen molar-refractivity contribution in [2.75, 3.05) is 13.2 Å². The predicted molar refractivity (Wildman–Crippen MR) is 67.6 cm³/mol. The molecule has 0 amide bonds. The summed E-state index contributed by atoms with van der Waals surface area (Å²) in [4.78, 5) is 12.0. The number of carbonyl (C=O) groups is 1. The molecular formula is C13H16ClNO2. The summed E-state index contributed by atoms with van der Waals surface area (Å²) in [7, 11) is 0. The van der Waals surface area contributed by atoms with Crippen LogP contribution in [0, 0.1) is 0 Å². The van der Waals surface area contributed by atoms with Gasteiger partial charge in [0.05, 0.1) is 13.2 Å². The van der Waals surface area contributed by atoms with Crippen molar-refractivity contribution >= 4 is 17.4 Å². The zero-order chi connectivity index (χ0) is 12.3. The Bertz CT molecular complexity index is 408. The van der Waals surface area contributed by atoms with Crippen molar-refractivity contribution in [1.29, 1.82) is 0 Å².